The van der Waals surface area contributed by atoms with Gasteiger partial charge in [-0.2, -0.15) is 4.98 Å². The van der Waals surface area contributed by atoms with Crippen molar-refractivity contribution in [3.8, 4) is 5.69 Å². The molecule has 0 saturated heterocycles. The van der Waals surface area contributed by atoms with Crippen LogP contribution in [-0.2, 0) is 0 Å². The van der Waals surface area contributed by atoms with E-state index in [1.54, 1.807) is 12.3 Å². The van der Waals surface area contributed by atoms with Gasteiger partial charge in [-0.05, 0) is 24.3 Å². The summed E-state index contributed by atoms with van der Waals surface area (Å²) in [6, 6.07) is 9.07. The molecule has 1 heterocycles. The van der Waals surface area contributed by atoms with E-state index >= 15 is 0 Å². The Morgan fingerprint density at radius 1 is 1.38 bits per heavy atom. The van der Waals surface area contributed by atoms with Gasteiger partial charge in [0.05, 0.1) is 5.69 Å². The molecule has 0 radical (unpaired) electrons. The minimum atomic E-state index is -0.381. The summed E-state index contributed by atoms with van der Waals surface area (Å²) in [6.45, 7) is 0. The van der Waals surface area contributed by atoms with E-state index in [0.717, 1.165) is 11.4 Å². The fourth-order valence-electron chi connectivity index (χ4n) is 1.42. The third-order valence-corrected chi connectivity index (χ3v) is 2.24. The maximum Gasteiger partial charge on any atom is 0.354 e. The highest BCUT2D eigenvalue weighted by Crippen LogP contribution is 2.12. The molecule has 0 amide bonds. The van der Waals surface area contributed by atoms with Crippen molar-refractivity contribution in [3.63, 3.8) is 0 Å². The summed E-state index contributed by atoms with van der Waals surface area (Å²) in [4.78, 5) is 15.3. The molecule has 82 valence electrons. The number of hydrogen-bond acceptors (Lipinski definition) is 4. The third-order valence-electron chi connectivity index (χ3n) is 2.24. The van der Waals surface area contributed by atoms with Crippen molar-refractivity contribution in [2.75, 3.05) is 18.1 Å². The average molecular weight is 216 g/mol. The van der Waals surface area contributed by atoms with Gasteiger partial charge in [-0.3, -0.25) is 4.57 Å². The van der Waals surface area contributed by atoms with Crippen molar-refractivity contribution in [3.05, 3.63) is 47.0 Å². The van der Waals surface area contributed by atoms with E-state index < -0.39 is 0 Å². The first kappa shape index (κ1) is 10.2. The lowest BCUT2D eigenvalue weighted by atomic mass is 10.3. The first-order valence-corrected chi connectivity index (χ1v) is 4.84. The molecular weight excluding hydrogens is 204 g/mol. The Hall–Kier alpha value is -2.30. The first-order chi connectivity index (χ1) is 7.70. The molecule has 2 aromatic rings. The van der Waals surface area contributed by atoms with Crippen molar-refractivity contribution in [1.82, 2.24) is 9.55 Å². The molecule has 0 bridgehead atoms. The number of nitrogens with two attached hydrogens (primary N) is 1. The smallest absolute Gasteiger partial charge is 0.354 e. The minimum absolute atomic E-state index is 0.228. The normalized spacial score (nSPS) is 10.1. The Morgan fingerprint density at radius 2 is 2.19 bits per heavy atom. The second kappa shape index (κ2) is 4.06. The van der Waals surface area contributed by atoms with Gasteiger partial charge in [0.2, 0.25) is 0 Å². The van der Waals surface area contributed by atoms with Crippen LogP contribution in [0.5, 0.6) is 0 Å². The Morgan fingerprint density at radius 3 is 2.88 bits per heavy atom. The van der Waals surface area contributed by atoms with E-state index in [1.165, 1.54) is 4.57 Å². The summed E-state index contributed by atoms with van der Waals surface area (Å²) in [7, 11) is 1.82. The quantitative estimate of drug-likeness (QED) is 0.780. The number of nitrogens with zero attached hydrogens (tertiary/aromatic N) is 2. The predicted molar refractivity (Wildman–Crippen MR) is 63.8 cm³/mol. The Labute approximate surface area is 92.6 Å². The van der Waals surface area contributed by atoms with E-state index in [9.17, 15) is 4.79 Å². The van der Waals surface area contributed by atoms with Crippen molar-refractivity contribution in [2.24, 2.45) is 0 Å². The summed E-state index contributed by atoms with van der Waals surface area (Å²) < 4.78 is 1.44. The van der Waals surface area contributed by atoms with Crippen LogP contribution in [0.15, 0.2) is 41.3 Å². The molecule has 0 spiro atoms. The molecule has 0 aliphatic heterocycles. The van der Waals surface area contributed by atoms with Gasteiger partial charge in [0.15, 0.2) is 0 Å². The van der Waals surface area contributed by atoms with E-state index in [0.29, 0.717) is 0 Å². The van der Waals surface area contributed by atoms with Gasteiger partial charge in [-0.15, -0.1) is 0 Å². The standard InChI is InChI=1S/C11H12N4O/c1-13-8-3-2-4-9(7-8)15-6-5-10(12)14-11(15)16/h2-7,13H,1H3,(H2,12,14,16). The number of rotatable bonds is 2. The molecule has 2 rings (SSSR count). The fourth-order valence-corrected chi connectivity index (χ4v) is 1.42. The highest BCUT2D eigenvalue weighted by atomic mass is 16.1. The fraction of sp³-hybridized carbons (Fsp3) is 0.0909. The van der Waals surface area contributed by atoms with Crippen LogP contribution in [0.4, 0.5) is 11.5 Å². The van der Waals surface area contributed by atoms with E-state index in [1.807, 2.05) is 31.3 Å². The molecule has 0 aliphatic carbocycles. The molecule has 1 aromatic heterocycles. The van der Waals surface area contributed by atoms with Crippen LogP contribution in [0, 0.1) is 0 Å². The molecule has 0 unspecified atom stereocenters. The van der Waals surface area contributed by atoms with E-state index in [2.05, 4.69) is 10.3 Å². The molecule has 5 heteroatoms. The maximum absolute atomic E-state index is 11.6. The van der Waals surface area contributed by atoms with E-state index in [4.69, 9.17) is 5.73 Å². The predicted octanol–water partition coefficient (Wildman–Crippen LogP) is 0.856. The topological polar surface area (TPSA) is 72.9 Å². The largest absolute Gasteiger partial charge is 0.388 e. The molecule has 3 N–H and O–H groups in total. The minimum Gasteiger partial charge on any atom is -0.388 e. The van der Waals surface area contributed by atoms with Crippen LogP contribution in [0.3, 0.4) is 0 Å². The number of benzene rings is 1. The molecule has 0 fully saturated rings. The van der Waals surface area contributed by atoms with Gasteiger partial charge in [-0.1, -0.05) is 6.07 Å². The lowest BCUT2D eigenvalue weighted by Gasteiger charge is -2.07. The lowest BCUT2D eigenvalue weighted by Crippen LogP contribution is -2.21. The SMILES string of the molecule is CNc1cccc(-n2ccc(N)nc2=O)c1. The van der Waals surface area contributed by atoms with Crippen LogP contribution in [0.1, 0.15) is 0 Å². The van der Waals surface area contributed by atoms with Gasteiger partial charge in [-0.25, -0.2) is 4.79 Å². The highest BCUT2D eigenvalue weighted by molar-refractivity contribution is 5.50. The zero-order valence-electron chi connectivity index (χ0n) is 8.84. The van der Waals surface area contributed by atoms with Gasteiger partial charge < -0.3 is 11.1 Å². The van der Waals surface area contributed by atoms with Crippen molar-refractivity contribution in [1.29, 1.82) is 0 Å². The van der Waals surface area contributed by atoms with E-state index in [-0.39, 0.29) is 11.5 Å². The third kappa shape index (κ3) is 1.88. The Balaban J connectivity index is 2.54. The number of aromatic nitrogens is 2. The Kier molecular flexibility index (Phi) is 2.59. The van der Waals surface area contributed by atoms with Crippen molar-refractivity contribution < 1.29 is 0 Å². The molecule has 0 saturated carbocycles. The number of nitrogens with one attached hydrogen (secondary N) is 1. The van der Waals surface area contributed by atoms with Gasteiger partial charge in [0, 0.05) is 18.9 Å². The zero-order valence-corrected chi connectivity index (χ0v) is 8.84. The molecule has 0 atom stereocenters. The number of hydrogen-bond donors (Lipinski definition) is 2. The lowest BCUT2D eigenvalue weighted by molar-refractivity contribution is 0.920. The van der Waals surface area contributed by atoms with Crippen molar-refractivity contribution in [2.45, 2.75) is 0 Å². The van der Waals surface area contributed by atoms with Crippen LogP contribution >= 0.6 is 0 Å². The molecule has 1 aromatic carbocycles. The summed E-state index contributed by atoms with van der Waals surface area (Å²) in [5, 5.41) is 3.01. The van der Waals surface area contributed by atoms with Gasteiger partial charge >= 0.3 is 5.69 Å². The summed E-state index contributed by atoms with van der Waals surface area (Å²) in [5.74, 6) is 0.228. The first-order valence-electron chi connectivity index (χ1n) is 4.84. The highest BCUT2D eigenvalue weighted by Gasteiger charge is 2.01. The van der Waals surface area contributed by atoms with Gasteiger partial charge in [0.25, 0.3) is 0 Å². The molecule has 16 heavy (non-hydrogen) atoms. The Bertz CT molecular complexity index is 562. The van der Waals surface area contributed by atoms with Crippen LogP contribution < -0.4 is 16.7 Å². The maximum atomic E-state index is 11.6. The van der Waals surface area contributed by atoms with Crippen molar-refractivity contribution >= 4 is 11.5 Å². The van der Waals surface area contributed by atoms with Crippen LogP contribution in [0.25, 0.3) is 5.69 Å². The van der Waals surface area contributed by atoms with Gasteiger partial charge in [0.1, 0.15) is 5.82 Å². The second-order valence-corrected chi connectivity index (χ2v) is 3.31. The molecule has 5 nitrogen and oxygen atoms in total. The molecular formula is C11H12N4O. The average Bonchev–Trinajstić information content (AvgIpc) is 2.29. The molecule has 0 aliphatic rings. The number of anilines is 2. The second-order valence-electron chi connectivity index (χ2n) is 3.31. The van der Waals surface area contributed by atoms with Crippen LogP contribution in [-0.4, -0.2) is 16.6 Å². The number of nitrogen functional groups attached to an aromatic ring is 1. The summed E-state index contributed by atoms with van der Waals surface area (Å²) in [5.41, 5.74) is 6.73. The summed E-state index contributed by atoms with van der Waals surface area (Å²) in [6.07, 6.45) is 1.61. The zero-order chi connectivity index (χ0) is 11.5. The monoisotopic (exact) mass is 216 g/mol. The van der Waals surface area contributed by atoms with Crippen LogP contribution in [0.2, 0.25) is 0 Å². The summed E-state index contributed by atoms with van der Waals surface area (Å²) >= 11 is 0.